The number of rotatable bonds is 4. The fourth-order valence-corrected chi connectivity index (χ4v) is 5.31. The molecule has 9 nitrogen and oxygen atoms in total. The van der Waals surface area contributed by atoms with E-state index < -0.39 is 9.84 Å². The fraction of sp³-hybridized carbons (Fsp3) is 0.750. The van der Waals surface area contributed by atoms with Gasteiger partial charge in [0.2, 0.25) is 11.9 Å². The first-order chi connectivity index (χ1) is 14.3. The van der Waals surface area contributed by atoms with E-state index in [9.17, 15) is 13.2 Å². The number of amides is 1. The Morgan fingerprint density at radius 3 is 2.40 bits per heavy atom. The van der Waals surface area contributed by atoms with Gasteiger partial charge in [-0.25, -0.2) is 18.4 Å². The fourth-order valence-electron chi connectivity index (χ4n) is 4.47. The Balaban J connectivity index is 1.52. The molecule has 3 aliphatic rings. The quantitative estimate of drug-likeness (QED) is 0.667. The maximum Gasteiger partial charge on any atom is 0.228 e. The summed E-state index contributed by atoms with van der Waals surface area (Å²) in [6.45, 7) is 5.91. The van der Waals surface area contributed by atoms with Crippen LogP contribution in [0.4, 0.5) is 5.95 Å². The Labute approximate surface area is 178 Å². The van der Waals surface area contributed by atoms with Crippen LogP contribution in [0.5, 0.6) is 0 Å². The summed E-state index contributed by atoms with van der Waals surface area (Å²) in [6, 6.07) is 0. The summed E-state index contributed by atoms with van der Waals surface area (Å²) >= 11 is 0. The van der Waals surface area contributed by atoms with Gasteiger partial charge < -0.3 is 19.4 Å². The van der Waals surface area contributed by atoms with Gasteiger partial charge in [-0.1, -0.05) is 0 Å². The van der Waals surface area contributed by atoms with Crippen molar-refractivity contribution < 1.29 is 17.9 Å². The van der Waals surface area contributed by atoms with Gasteiger partial charge in [0.15, 0.2) is 9.84 Å². The molecule has 0 N–H and O–H groups in total. The summed E-state index contributed by atoms with van der Waals surface area (Å²) in [6.07, 6.45) is 4.89. The molecule has 4 heterocycles. The van der Waals surface area contributed by atoms with E-state index in [1.165, 1.54) is 12.5 Å². The predicted octanol–water partition coefficient (Wildman–Crippen LogP) is 0.374. The number of nitrogens with zero attached hydrogens (tertiary/aromatic N) is 5. The minimum Gasteiger partial charge on any atom is -0.381 e. The normalized spacial score (nSPS) is 24.4. The maximum atomic E-state index is 12.7. The van der Waals surface area contributed by atoms with E-state index >= 15 is 0 Å². The Morgan fingerprint density at radius 1 is 1.10 bits per heavy atom. The smallest absolute Gasteiger partial charge is 0.228 e. The molecule has 0 unspecified atom stereocenters. The highest BCUT2D eigenvalue weighted by atomic mass is 32.2. The predicted molar refractivity (Wildman–Crippen MR) is 112 cm³/mol. The summed E-state index contributed by atoms with van der Waals surface area (Å²) < 4.78 is 30.1. The van der Waals surface area contributed by atoms with Crippen LogP contribution in [0.1, 0.15) is 30.9 Å². The van der Waals surface area contributed by atoms with Crippen molar-refractivity contribution in [1.82, 2.24) is 19.8 Å². The maximum absolute atomic E-state index is 12.7. The Kier molecular flexibility index (Phi) is 6.26. The average molecular weight is 438 g/mol. The molecule has 0 radical (unpaired) electrons. The van der Waals surface area contributed by atoms with Crippen molar-refractivity contribution in [3.63, 3.8) is 0 Å². The van der Waals surface area contributed by atoms with E-state index in [2.05, 4.69) is 21.8 Å². The third-order valence-electron chi connectivity index (χ3n) is 6.43. The lowest BCUT2D eigenvalue weighted by Crippen LogP contribution is -2.45. The first-order valence-corrected chi connectivity index (χ1v) is 12.6. The van der Waals surface area contributed by atoms with Crippen LogP contribution in [0.2, 0.25) is 0 Å². The molecule has 1 aromatic rings. The molecule has 166 valence electrons. The number of likely N-dealkylation sites (N-methyl/N-ethyl adjacent to an activating group) is 1. The first kappa shape index (κ1) is 21.5. The van der Waals surface area contributed by atoms with E-state index in [0.29, 0.717) is 50.8 Å². The Morgan fingerprint density at radius 2 is 1.80 bits per heavy atom. The average Bonchev–Trinajstić information content (AvgIpc) is 3.28. The summed E-state index contributed by atoms with van der Waals surface area (Å²) in [7, 11) is -1.34. The second-order valence-corrected chi connectivity index (χ2v) is 10.6. The molecule has 3 fully saturated rings. The van der Waals surface area contributed by atoms with Crippen LogP contribution in [-0.4, -0.2) is 99.9 Å². The number of hydrogen-bond acceptors (Lipinski definition) is 8. The highest BCUT2D eigenvalue weighted by Gasteiger charge is 2.33. The highest BCUT2D eigenvalue weighted by molar-refractivity contribution is 7.90. The van der Waals surface area contributed by atoms with Crippen LogP contribution in [0, 0.1) is 5.92 Å². The third kappa shape index (κ3) is 4.60. The molecule has 1 amide bonds. The second-order valence-electron chi connectivity index (χ2n) is 8.64. The lowest BCUT2D eigenvalue weighted by molar-refractivity contribution is -0.136. The number of carbonyl (C=O) groups is 1. The lowest BCUT2D eigenvalue weighted by Gasteiger charge is -2.35. The van der Waals surface area contributed by atoms with Gasteiger partial charge in [-0.05, 0) is 26.3 Å². The van der Waals surface area contributed by atoms with Crippen molar-refractivity contribution in [3.8, 4) is 0 Å². The molecule has 1 atom stereocenters. The number of anilines is 1. The molecule has 0 spiro atoms. The summed E-state index contributed by atoms with van der Waals surface area (Å²) in [4.78, 5) is 28.3. The molecule has 3 saturated heterocycles. The monoisotopic (exact) mass is 437 g/mol. The van der Waals surface area contributed by atoms with Gasteiger partial charge >= 0.3 is 0 Å². The number of likely N-dealkylation sites (tertiary alicyclic amines) is 1. The number of piperazine rings is 1. The summed E-state index contributed by atoms with van der Waals surface area (Å²) in [5.74, 6) is 0.742. The molecule has 10 heteroatoms. The van der Waals surface area contributed by atoms with Crippen LogP contribution in [0.15, 0.2) is 11.1 Å². The molecule has 3 aliphatic heterocycles. The van der Waals surface area contributed by atoms with Crippen molar-refractivity contribution in [2.24, 2.45) is 5.92 Å². The highest BCUT2D eigenvalue weighted by Crippen LogP contribution is 2.33. The third-order valence-corrected chi connectivity index (χ3v) is 7.54. The van der Waals surface area contributed by atoms with Gasteiger partial charge in [0.05, 0.1) is 24.4 Å². The van der Waals surface area contributed by atoms with Gasteiger partial charge in [-0.2, -0.15) is 0 Å². The zero-order valence-corrected chi connectivity index (χ0v) is 18.6. The Bertz CT molecular complexity index is 871. The van der Waals surface area contributed by atoms with Crippen molar-refractivity contribution in [1.29, 1.82) is 0 Å². The van der Waals surface area contributed by atoms with E-state index in [4.69, 9.17) is 9.72 Å². The number of sulfone groups is 1. The molecule has 0 aliphatic carbocycles. The minimum atomic E-state index is -3.43. The first-order valence-electron chi connectivity index (χ1n) is 10.7. The number of aromatic nitrogens is 2. The van der Waals surface area contributed by atoms with E-state index in [0.717, 1.165) is 32.6 Å². The standard InChI is InChI=1S/C20H31N5O4S/c1-23-8-10-25(11-9-23)20-21-13-17(30(2,27)28)18(22-20)15-3-6-24(7-4-15)19(26)16-5-12-29-14-16/h13,15-16H,3-12,14H2,1-2H3/t16-/m0/s1. The molecular weight excluding hydrogens is 406 g/mol. The number of hydrogen-bond donors (Lipinski definition) is 0. The zero-order chi connectivity index (χ0) is 21.3. The topological polar surface area (TPSA) is 95.9 Å². The van der Waals surface area contributed by atoms with Gasteiger partial charge in [0.1, 0.15) is 4.90 Å². The molecule has 1 aromatic heterocycles. The van der Waals surface area contributed by atoms with Gasteiger partial charge in [0, 0.05) is 58.0 Å². The van der Waals surface area contributed by atoms with Crippen molar-refractivity contribution in [3.05, 3.63) is 11.9 Å². The summed E-state index contributed by atoms with van der Waals surface area (Å²) in [5, 5.41) is 0. The second kappa shape index (κ2) is 8.76. The van der Waals surface area contributed by atoms with E-state index in [-0.39, 0.29) is 22.6 Å². The molecule has 0 aromatic carbocycles. The molecule has 4 rings (SSSR count). The minimum absolute atomic E-state index is 0.00724. The molecule has 0 saturated carbocycles. The van der Waals surface area contributed by atoms with E-state index in [1.807, 2.05) is 4.90 Å². The van der Waals surface area contributed by atoms with Crippen molar-refractivity contribution in [2.45, 2.75) is 30.1 Å². The molecular formula is C20H31N5O4S. The van der Waals surface area contributed by atoms with Crippen molar-refractivity contribution in [2.75, 3.05) is 70.7 Å². The van der Waals surface area contributed by atoms with E-state index in [1.54, 1.807) is 0 Å². The Hall–Kier alpha value is -1.78. The van der Waals surface area contributed by atoms with Gasteiger partial charge in [0.25, 0.3) is 0 Å². The van der Waals surface area contributed by atoms with Gasteiger partial charge in [-0.3, -0.25) is 4.79 Å². The van der Waals surface area contributed by atoms with Crippen molar-refractivity contribution >= 4 is 21.7 Å². The van der Waals surface area contributed by atoms with Gasteiger partial charge in [-0.15, -0.1) is 0 Å². The zero-order valence-electron chi connectivity index (χ0n) is 17.8. The SMILES string of the molecule is CN1CCN(c2ncc(S(C)(=O)=O)c(C3CCN(C(=O)[C@H]4CCOC4)CC3)n2)CC1. The number of ether oxygens (including phenoxy) is 1. The van der Waals surface area contributed by atoms with Crippen LogP contribution >= 0.6 is 0 Å². The molecule has 0 bridgehead atoms. The largest absolute Gasteiger partial charge is 0.381 e. The lowest BCUT2D eigenvalue weighted by atomic mass is 9.92. The van der Waals surface area contributed by atoms with Crippen LogP contribution < -0.4 is 4.90 Å². The van der Waals surface area contributed by atoms with Crippen LogP contribution in [0.25, 0.3) is 0 Å². The number of carbonyl (C=O) groups excluding carboxylic acids is 1. The summed E-state index contributed by atoms with van der Waals surface area (Å²) in [5.41, 5.74) is 0.609. The number of piperidine rings is 1. The van der Waals surface area contributed by atoms with Crippen LogP contribution in [0.3, 0.4) is 0 Å². The molecule has 30 heavy (non-hydrogen) atoms. The van der Waals surface area contributed by atoms with Crippen LogP contribution in [-0.2, 0) is 19.4 Å².